The molecule has 0 unspecified atom stereocenters. The van der Waals surface area contributed by atoms with E-state index in [0.717, 1.165) is 22.2 Å². The Bertz CT molecular complexity index is 925. The highest BCUT2D eigenvalue weighted by Gasteiger charge is 2.21. The zero-order valence-electron chi connectivity index (χ0n) is 16.2. The van der Waals surface area contributed by atoms with Gasteiger partial charge < -0.3 is 9.47 Å². The molecule has 28 heavy (non-hydrogen) atoms. The first-order valence-electron chi connectivity index (χ1n) is 9.20. The fourth-order valence-electron chi connectivity index (χ4n) is 3.01. The Labute approximate surface area is 174 Å². The van der Waals surface area contributed by atoms with Gasteiger partial charge in [0, 0.05) is 28.9 Å². The van der Waals surface area contributed by atoms with Gasteiger partial charge in [0.05, 0.1) is 5.75 Å². The summed E-state index contributed by atoms with van der Waals surface area (Å²) in [6.07, 6.45) is 0. The van der Waals surface area contributed by atoms with Crippen LogP contribution in [-0.2, 0) is 11.3 Å². The van der Waals surface area contributed by atoms with Crippen molar-refractivity contribution >= 4 is 35.0 Å². The van der Waals surface area contributed by atoms with Gasteiger partial charge in [0.1, 0.15) is 0 Å². The number of carbonyl (C=O) groups excluding carboxylic acids is 1. The summed E-state index contributed by atoms with van der Waals surface area (Å²) >= 11 is 7.39. The van der Waals surface area contributed by atoms with E-state index in [1.54, 1.807) is 0 Å². The molecule has 0 saturated heterocycles. The molecule has 0 fully saturated rings. The molecular weight excluding hydrogens is 392 g/mol. The number of hydrogen-bond acceptors (Lipinski definition) is 4. The van der Waals surface area contributed by atoms with E-state index in [2.05, 4.69) is 10.2 Å². The molecule has 0 radical (unpaired) electrons. The van der Waals surface area contributed by atoms with E-state index in [1.165, 1.54) is 11.8 Å². The number of amides is 1. The predicted molar refractivity (Wildman–Crippen MR) is 116 cm³/mol. The summed E-state index contributed by atoms with van der Waals surface area (Å²) in [5.74, 6) is 1.12. The van der Waals surface area contributed by atoms with Crippen LogP contribution >= 0.6 is 23.4 Å². The van der Waals surface area contributed by atoms with Crippen molar-refractivity contribution in [1.29, 1.82) is 0 Å². The molecule has 3 rings (SSSR count). The van der Waals surface area contributed by atoms with Crippen LogP contribution in [0.3, 0.4) is 0 Å². The van der Waals surface area contributed by atoms with Gasteiger partial charge in [-0.05, 0) is 57.2 Å². The molecule has 0 spiro atoms. The standard InChI is InChI=1S/C21H23ClN4OS/c1-4-25-20(16-10-12-17(22)13-11-16)23-24-21(25)28-14-19(27)26(15(2)3)18-8-6-5-7-9-18/h5-13,15H,4,14H2,1-3H3. The van der Waals surface area contributed by atoms with Gasteiger partial charge in [0.2, 0.25) is 5.91 Å². The monoisotopic (exact) mass is 414 g/mol. The van der Waals surface area contributed by atoms with Crippen molar-refractivity contribution in [2.24, 2.45) is 0 Å². The number of hydrogen-bond donors (Lipinski definition) is 0. The van der Waals surface area contributed by atoms with Crippen molar-refractivity contribution in [3.8, 4) is 11.4 Å². The summed E-state index contributed by atoms with van der Waals surface area (Å²) in [6, 6.07) is 17.3. The first-order valence-corrected chi connectivity index (χ1v) is 10.6. The van der Waals surface area contributed by atoms with Crippen LogP contribution in [0.2, 0.25) is 5.02 Å². The number of anilines is 1. The summed E-state index contributed by atoms with van der Waals surface area (Å²) in [4.78, 5) is 14.7. The minimum atomic E-state index is 0.0462. The van der Waals surface area contributed by atoms with Gasteiger partial charge in [-0.3, -0.25) is 4.79 Å². The Balaban J connectivity index is 1.77. The summed E-state index contributed by atoms with van der Waals surface area (Å²) in [5.41, 5.74) is 1.85. The second kappa shape index (κ2) is 9.26. The Kier molecular flexibility index (Phi) is 6.75. The molecule has 5 nitrogen and oxygen atoms in total. The van der Waals surface area contributed by atoms with Crippen molar-refractivity contribution in [3.05, 3.63) is 59.6 Å². The first kappa shape index (κ1) is 20.4. The third kappa shape index (κ3) is 4.56. The summed E-state index contributed by atoms with van der Waals surface area (Å²) in [7, 11) is 0. The predicted octanol–water partition coefficient (Wildman–Crippen LogP) is 5.15. The van der Waals surface area contributed by atoms with Crippen LogP contribution in [0.15, 0.2) is 59.8 Å². The third-order valence-electron chi connectivity index (χ3n) is 4.28. The first-order chi connectivity index (χ1) is 13.5. The number of rotatable bonds is 7. The number of thioether (sulfide) groups is 1. The summed E-state index contributed by atoms with van der Waals surface area (Å²) in [6.45, 7) is 6.79. The minimum absolute atomic E-state index is 0.0462. The van der Waals surface area contributed by atoms with Crippen molar-refractivity contribution in [2.75, 3.05) is 10.7 Å². The van der Waals surface area contributed by atoms with E-state index in [4.69, 9.17) is 11.6 Å². The molecule has 2 aromatic carbocycles. The second-order valence-corrected chi connectivity index (χ2v) is 7.92. The van der Waals surface area contributed by atoms with Crippen molar-refractivity contribution in [3.63, 3.8) is 0 Å². The summed E-state index contributed by atoms with van der Waals surface area (Å²) in [5, 5.41) is 10.0. The van der Waals surface area contributed by atoms with Crippen LogP contribution in [0.4, 0.5) is 5.69 Å². The summed E-state index contributed by atoms with van der Waals surface area (Å²) < 4.78 is 2.02. The van der Waals surface area contributed by atoms with E-state index in [9.17, 15) is 4.79 Å². The van der Waals surface area contributed by atoms with E-state index < -0.39 is 0 Å². The number of benzene rings is 2. The molecule has 1 amide bonds. The topological polar surface area (TPSA) is 51.0 Å². The van der Waals surface area contributed by atoms with Gasteiger partial charge in [0.25, 0.3) is 0 Å². The zero-order chi connectivity index (χ0) is 20.1. The van der Waals surface area contributed by atoms with Crippen LogP contribution in [-0.4, -0.2) is 32.5 Å². The number of aromatic nitrogens is 3. The highest BCUT2D eigenvalue weighted by Crippen LogP contribution is 2.26. The minimum Gasteiger partial charge on any atom is -0.309 e. The zero-order valence-corrected chi connectivity index (χ0v) is 17.7. The molecule has 0 aliphatic rings. The van der Waals surface area contributed by atoms with E-state index in [1.807, 2.05) is 84.8 Å². The maximum atomic E-state index is 12.9. The molecule has 0 N–H and O–H groups in total. The lowest BCUT2D eigenvalue weighted by atomic mass is 10.2. The molecule has 0 bridgehead atoms. The fourth-order valence-corrected chi connectivity index (χ4v) is 4.00. The fraction of sp³-hybridized carbons (Fsp3) is 0.286. The van der Waals surface area contributed by atoms with E-state index in [0.29, 0.717) is 17.3 Å². The molecule has 1 heterocycles. The quantitative estimate of drug-likeness (QED) is 0.501. The van der Waals surface area contributed by atoms with Gasteiger partial charge in [-0.25, -0.2) is 0 Å². The third-order valence-corrected chi connectivity index (χ3v) is 5.48. The largest absolute Gasteiger partial charge is 0.309 e. The van der Waals surface area contributed by atoms with Crippen molar-refractivity contribution in [2.45, 2.75) is 38.5 Å². The van der Waals surface area contributed by atoms with Gasteiger partial charge >= 0.3 is 0 Å². The van der Waals surface area contributed by atoms with Gasteiger partial charge in [-0.2, -0.15) is 0 Å². The molecule has 7 heteroatoms. The van der Waals surface area contributed by atoms with Crippen LogP contribution in [0, 0.1) is 0 Å². The van der Waals surface area contributed by atoms with Crippen LogP contribution < -0.4 is 4.90 Å². The smallest absolute Gasteiger partial charge is 0.237 e. The lowest BCUT2D eigenvalue weighted by molar-refractivity contribution is -0.116. The number of carbonyl (C=O) groups is 1. The second-order valence-electron chi connectivity index (χ2n) is 6.54. The van der Waals surface area contributed by atoms with E-state index >= 15 is 0 Å². The maximum absolute atomic E-state index is 12.9. The van der Waals surface area contributed by atoms with Crippen molar-refractivity contribution < 1.29 is 4.79 Å². The Morgan fingerprint density at radius 1 is 1.11 bits per heavy atom. The van der Waals surface area contributed by atoms with Crippen LogP contribution in [0.25, 0.3) is 11.4 Å². The molecule has 0 aliphatic heterocycles. The number of nitrogens with zero attached hydrogens (tertiary/aromatic N) is 4. The van der Waals surface area contributed by atoms with Crippen molar-refractivity contribution in [1.82, 2.24) is 14.8 Å². The molecule has 0 aliphatic carbocycles. The highest BCUT2D eigenvalue weighted by atomic mass is 35.5. The lowest BCUT2D eigenvalue weighted by Gasteiger charge is -2.26. The Hall–Kier alpha value is -2.31. The van der Waals surface area contributed by atoms with Gasteiger partial charge in [-0.15, -0.1) is 10.2 Å². The molecule has 1 aromatic heterocycles. The average Bonchev–Trinajstić information content (AvgIpc) is 3.10. The number of para-hydroxylation sites is 1. The van der Waals surface area contributed by atoms with Crippen LogP contribution in [0.5, 0.6) is 0 Å². The van der Waals surface area contributed by atoms with Gasteiger partial charge in [0.15, 0.2) is 11.0 Å². The molecule has 0 atom stereocenters. The number of halogens is 1. The van der Waals surface area contributed by atoms with Gasteiger partial charge in [-0.1, -0.05) is 41.6 Å². The molecule has 3 aromatic rings. The molecule has 146 valence electrons. The normalized spacial score (nSPS) is 11.0. The molecule has 0 saturated carbocycles. The average molecular weight is 415 g/mol. The molecular formula is C21H23ClN4OS. The Morgan fingerprint density at radius 3 is 2.39 bits per heavy atom. The maximum Gasteiger partial charge on any atom is 0.237 e. The van der Waals surface area contributed by atoms with Crippen LogP contribution in [0.1, 0.15) is 20.8 Å². The SMILES string of the molecule is CCn1c(SCC(=O)N(c2ccccc2)C(C)C)nnc1-c1ccc(Cl)cc1. The Morgan fingerprint density at radius 2 is 1.79 bits per heavy atom. The lowest BCUT2D eigenvalue weighted by Crippen LogP contribution is -2.38. The van der Waals surface area contributed by atoms with E-state index in [-0.39, 0.29) is 11.9 Å². The highest BCUT2D eigenvalue weighted by molar-refractivity contribution is 7.99.